The van der Waals surface area contributed by atoms with Crippen molar-refractivity contribution in [2.45, 2.75) is 96.8 Å². The summed E-state index contributed by atoms with van der Waals surface area (Å²) < 4.78 is 33.3. The molecule has 0 N–H and O–H groups in total. The maximum Gasteiger partial charge on any atom is 0.314 e. The minimum Gasteiger partial charge on any atom is -0.423 e. The molecule has 4 atom stereocenters. The van der Waals surface area contributed by atoms with E-state index in [-0.39, 0.29) is 16.7 Å². The number of unbranched alkanes of at least 4 members (excludes halogenated alkanes) is 2. The van der Waals surface area contributed by atoms with Gasteiger partial charge in [0.05, 0.1) is 10.9 Å². The van der Waals surface area contributed by atoms with Crippen molar-refractivity contribution < 1.29 is 18.3 Å². The van der Waals surface area contributed by atoms with Crippen molar-refractivity contribution in [3.05, 3.63) is 28.8 Å². The number of hydrogen-bond acceptors (Lipinski definition) is 2. The SMILES string of the molecule is CCCCCC1CCC(C2CCC3C(CCCC3C(=O)Oc3ccc(Cl)c(F)c3F)C2)CC1. The van der Waals surface area contributed by atoms with Crippen molar-refractivity contribution in [1.29, 1.82) is 0 Å². The number of fused-ring (bicyclic) bond motifs is 1. The Hall–Kier alpha value is -1.16. The monoisotopic (exact) mass is 480 g/mol. The Morgan fingerprint density at radius 2 is 1.70 bits per heavy atom. The largest absolute Gasteiger partial charge is 0.423 e. The molecular weight excluding hydrogens is 442 g/mol. The van der Waals surface area contributed by atoms with Crippen LogP contribution in [0, 0.1) is 47.1 Å². The molecule has 184 valence electrons. The minimum absolute atomic E-state index is 0.211. The maximum absolute atomic E-state index is 14.2. The van der Waals surface area contributed by atoms with Gasteiger partial charge in [0.1, 0.15) is 0 Å². The molecule has 4 unspecified atom stereocenters. The second-order valence-corrected chi connectivity index (χ2v) is 11.3. The molecule has 0 spiro atoms. The number of esters is 1. The summed E-state index contributed by atoms with van der Waals surface area (Å²) in [5.41, 5.74) is 0. The number of carbonyl (C=O) groups excluding carboxylic acids is 1. The van der Waals surface area contributed by atoms with Gasteiger partial charge in [-0.2, -0.15) is 4.39 Å². The highest BCUT2D eigenvalue weighted by Crippen LogP contribution is 2.50. The van der Waals surface area contributed by atoms with Crippen LogP contribution >= 0.6 is 11.6 Å². The lowest BCUT2D eigenvalue weighted by Gasteiger charge is -2.46. The van der Waals surface area contributed by atoms with Crippen LogP contribution in [0.1, 0.15) is 96.8 Å². The molecular formula is C28H39ClF2O2. The highest BCUT2D eigenvalue weighted by molar-refractivity contribution is 6.30. The van der Waals surface area contributed by atoms with E-state index in [9.17, 15) is 13.6 Å². The molecule has 3 fully saturated rings. The van der Waals surface area contributed by atoms with Crippen LogP contribution in [0.15, 0.2) is 12.1 Å². The van der Waals surface area contributed by atoms with Gasteiger partial charge in [-0.3, -0.25) is 4.79 Å². The molecule has 3 saturated carbocycles. The number of carbonyl (C=O) groups is 1. The van der Waals surface area contributed by atoms with E-state index < -0.39 is 17.6 Å². The van der Waals surface area contributed by atoms with Gasteiger partial charge in [-0.25, -0.2) is 4.39 Å². The summed E-state index contributed by atoms with van der Waals surface area (Å²) in [7, 11) is 0. The molecule has 33 heavy (non-hydrogen) atoms. The molecule has 0 heterocycles. The van der Waals surface area contributed by atoms with E-state index in [2.05, 4.69) is 6.92 Å². The third kappa shape index (κ3) is 5.92. The molecule has 3 aliphatic rings. The van der Waals surface area contributed by atoms with Gasteiger partial charge in [-0.05, 0) is 80.2 Å². The Morgan fingerprint density at radius 3 is 2.45 bits per heavy atom. The van der Waals surface area contributed by atoms with E-state index in [0.717, 1.165) is 37.0 Å². The van der Waals surface area contributed by atoms with Crippen LogP contribution in [0.3, 0.4) is 0 Å². The Morgan fingerprint density at radius 1 is 0.939 bits per heavy atom. The molecule has 3 aliphatic carbocycles. The average Bonchev–Trinajstić information content (AvgIpc) is 2.84. The van der Waals surface area contributed by atoms with Gasteiger partial charge >= 0.3 is 5.97 Å². The molecule has 1 aromatic rings. The van der Waals surface area contributed by atoms with Crippen molar-refractivity contribution in [2.24, 2.45) is 35.5 Å². The minimum atomic E-state index is -1.18. The van der Waals surface area contributed by atoms with Gasteiger partial charge in [-0.1, -0.05) is 69.9 Å². The fraction of sp³-hybridized carbons (Fsp3) is 0.750. The molecule has 0 aromatic heterocycles. The second-order valence-electron chi connectivity index (χ2n) is 10.9. The highest BCUT2D eigenvalue weighted by Gasteiger charge is 2.43. The zero-order valence-corrected chi connectivity index (χ0v) is 20.7. The van der Waals surface area contributed by atoms with E-state index in [4.69, 9.17) is 16.3 Å². The number of rotatable bonds is 7. The fourth-order valence-electron chi connectivity index (χ4n) is 7.12. The Balaban J connectivity index is 1.30. The van der Waals surface area contributed by atoms with Gasteiger partial charge in [-0.15, -0.1) is 0 Å². The van der Waals surface area contributed by atoms with Crippen LogP contribution < -0.4 is 4.74 Å². The van der Waals surface area contributed by atoms with Gasteiger partial charge in [0.2, 0.25) is 5.82 Å². The standard InChI is InChI=1S/C28H39ClF2O2/c1-2-3-4-6-18-9-11-19(12-10-18)20-13-14-22-21(17-20)7-5-8-23(22)28(32)33-25-16-15-24(29)26(30)27(25)31/h15-16,18-23H,2-14,17H2,1H3. The molecule has 0 aliphatic heterocycles. The first kappa shape index (κ1) is 24.9. The van der Waals surface area contributed by atoms with Crippen molar-refractivity contribution in [2.75, 3.05) is 0 Å². The number of benzene rings is 1. The van der Waals surface area contributed by atoms with E-state index in [1.807, 2.05) is 0 Å². The third-order valence-electron chi connectivity index (χ3n) is 8.98. The van der Waals surface area contributed by atoms with Crippen molar-refractivity contribution in [3.63, 3.8) is 0 Å². The quantitative estimate of drug-likeness (QED) is 0.169. The van der Waals surface area contributed by atoms with Crippen molar-refractivity contribution >= 4 is 17.6 Å². The Kier molecular flexibility index (Phi) is 8.70. The van der Waals surface area contributed by atoms with E-state index in [1.165, 1.54) is 82.8 Å². The van der Waals surface area contributed by atoms with E-state index in [0.29, 0.717) is 11.8 Å². The van der Waals surface area contributed by atoms with Crippen LogP contribution in [0.25, 0.3) is 0 Å². The van der Waals surface area contributed by atoms with Crippen LogP contribution in [0.5, 0.6) is 5.75 Å². The van der Waals surface area contributed by atoms with E-state index >= 15 is 0 Å². The topological polar surface area (TPSA) is 26.3 Å². The molecule has 0 bridgehead atoms. The van der Waals surface area contributed by atoms with Gasteiger partial charge in [0.15, 0.2) is 11.6 Å². The Labute approximate surface area is 202 Å². The molecule has 0 radical (unpaired) electrons. The van der Waals surface area contributed by atoms with Crippen LogP contribution in [0.4, 0.5) is 8.78 Å². The fourth-order valence-corrected chi connectivity index (χ4v) is 7.27. The summed E-state index contributed by atoms with van der Waals surface area (Å²) in [6.07, 6.45) is 17.5. The summed E-state index contributed by atoms with van der Waals surface area (Å²) in [5.74, 6) is 0.142. The third-order valence-corrected chi connectivity index (χ3v) is 9.27. The summed E-state index contributed by atoms with van der Waals surface area (Å²) in [5, 5.41) is -0.307. The maximum atomic E-state index is 14.2. The molecule has 0 amide bonds. The first-order chi connectivity index (χ1) is 16.0. The van der Waals surface area contributed by atoms with E-state index in [1.54, 1.807) is 0 Å². The lowest BCUT2D eigenvalue weighted by Crippen LogP contribution is -2.40. The van der Waals surface area contributed by atoms with Crippen LogP contribution in [-0.4, -0.2) is 5.97 Å². The zero-order chi connectivity index (χ0) is 23.4. The first-order valence-electron chi connectivity index (χ1n) is 13.3. The molecule has 2 nitrogen and oxygen atoms in total. The lowest BCUT2D eigenvalue weighted by molar-refractivity contribution is -0.144. The summed E-state index contributed by atoms with van der Waals surface area (Å²) in [6.45, 7) is 2.28. The van der Waals surface area contributed by atoms with Crippen LogP contribution in [0.2, 0.25) is 5.02 Å². The van der Waals surface area contributed by atoms with Crippen molar-refractivity contribution in [3.8, 4) is 5.75 Å². The summed E-state index contributed by atoms with van der Waals surface area (Å²) in [4.78, 5) is 13.0. The second kappa shape index (κ2) is 11.5. The number of hydrogen-bond donors (Lipinski definition) is 0. The van der Waals surface area contributed by atoms with Crippen LogP contribution in [-0.2, 0) is 4.79 Å². The summed E-state index contributed by atoms with van der Waals surface area (Å²) in [6, 6.07) is 2.48. The predicted molar refractivity (Wildman–Crippen MR) is 128 cm³/mol. The molecule has 4 rings (SSSR count). The Bertz CT molecular complexity index is 805. The molecule has 0 saturated heterocycles. The van der Waals surface area contributed by atoms with Crippen molar-refractivity contribution in [1.82, 2.24) is 0 Å². The molecule has 5 heteroatoms. The highest BCUT2D eigenvalue weighted by atomic mass is 35.5. The molecule has 1 aromatic carbocycles. The number of halogens is 3. The van der Waals surface area contributed by atoms with Gasteiger partial charge in [0.25, 0.3) is 0 Å². The summed E-state index contributed by atoms with van der Waals surface area (Å²) >= 11 is 5.62. The van der Waals surface area contributed by atoms with Gasteiger partial charge in [0, 0.05) is 0 Å². The number of ether oxygens (including phenoxy) is 1. The zero-order valence-electron chi connectivity index (χ0n) is 20.0. The average molecular weight is 481 g/mol. The van der Waals surface area contributed by atoms with Gasteiger partial charge < -0.3 is 4.74 Å². The first-order valence-corrected chi connectivity index (χ1v) is 13.7. The normalized spacial score (nSPS) is 32.2. The lowest BCUT2D eigenvalue weighted by atomic mass is 9.59. The predicted octanol–water partition coefficient (Wildman–Crippen LogP) is 8.74. The smallest absolute Gasteiger partial charge is 0.314 e.